The van der Waals surface area contributed by atoms with Gasteiger partial charge in [-0.3, -0.25) is 0 Å². The van der Waals surface area contributed by atoms with Crippen LogP contribution in [0.3, 0.4) is 0 Å². The Balaban J connectivity index is 2.20. The predicted octanol–water partition coefficient (Wildman–Crippen LogP) is 3.28. The Morgan fingerprint density at radius 3 is 2.47 bits per heavy atom. The Kier molecular flexibility index (Phi) is 2.14. The van der Waals surface area contributed by atoms with Gasteiger partial charge in [0.15, 0.2) is 0 Å². The van der Waals surface area contributed by atoms with Crippen LogP contribution in [0.1, 0.15) is 0 Å². The maximum atomic E-state index is 13.1. The van der Waals surface area contributed by atoms with Crippen molar-refractivity contribution in [3.8, 4) is 11.3 Å². The molecule has 0 radical (unpaired) electrons. The smallest absolute Gasteiger partial charge is 0.137 e. The number of hydrogen-bond acceptors (Lipinski definition) is 1. The van der Waals surface area contributed by atoms with Crippen molar-refractivity contribution in [2.75, 3.05) is 0 Å². The van der Waals surface area contributed by atoms with Crippen LogP contribution in [0.4, 0.5) is 8.78 Å². The van der Waals surface area contributed by atoms with Crippen LogP contribution in [0.25, 0.3) is 16.9 Å². The normalized spacial score (nSPS) is 10.9. The Hall–Kier alpha value is -2.23. The number of fused-ring (bicyclic) bond motifs is 1. The first-order valence-electron chi connectivity index (χ1n) is 5.12. The number of nitrogens with zero attached hydrogens (tertiary/aromatic N) is 2. The Morgan fingerprint density at radius 2 is 1.76 bits per heavy atom. The molecule has 1 aromatic carbocycles. The van der Waals surface area contributed by atoms with Crippen LogP contribution in [-0.4, -0.2) is 9.38 Å². The summed E-state index contributed by atoms with van der Waals surface area (Å²) >= 11 is 0. The number of aromatic nitrogens is 2. The first kappa shape index (κ1) is 9.96. The van der Waals surface area contributed by atoms with Crippen molar-refractivity contribution >= 4 is 5.65 Å². The third-order valence-electron chi connectivity index (χ3n) is 2.52. The van der Waals surface area contributed by atoms with Gasteiger partial charge in [-0.1, -0.05) is 6.07 Å². The van der Waals surface area contributed by atoms with Crippen LogP contribution in [0.2, 0.25) is 0 Å². The Bertz CT molecular complexity index is 635. The van der Waals surface area contributed by atoms with Crippen molar-refractivity contribution in [1.82, 2.24) is 9.38 Å². The monoisotopic (exact) mass is 230 g/mol. The summed E-state index contributed by atoms with van der Waals surface area (Å²) in [6.07, 6.45) is 3.57. The molecule has 0 unspecified atom stereocenters. The lowest BCUT2D eigenvalue weighted by atomic mass is 10.1. The van der Waals surface area contributed by atoms with Gasteiger partial charge in [0, 0.05) is 24.0 Å². The molecule has 0 saturated carbocycles. The number of imidazole rings is 1. The predicted molar refractivity (Wildman–Crippen MR) is 60.5 cm³/mol. The zero-order valence-electron chi connectivity index (χ0n) is 8.77. The molecule has 3 aromatic rings. The fourth-order valence-corrected chi connectivity index (χ4v) is 1.78. The Labute approximate surface area is 96.2 Å². The van der Waals surface area contributed by atoms with Crippen molar-refractivity contribution in [1.29, 1.82) is 0 Å². The van der Waals surface area contributed by atoms with Crippen LogP contribution in [0.5, 0.6) is 0 Å². The lowest BCUT2D eigenvalue weighted by Crippen LogP contribution is -1.83. The molecule has 84 valence electrons. The zero-order chi connectivity index (χ0) is 11.8. The molecule has 0 saturated heterocycles. The van der Waals surface area contributed by atoms with Crippen LogP contribution >= 0.6 is 0 Å². The molecule has 2 nitrogen and oxygen atoms in total. The van der Waals surface area contributed by atoms with Gasteiger partial charge in [0.1, 0.15) is 17.3 Å². The van der Waals surface area contributed by atoms with Crippen LogP contribution < -0.4 is 0 Å². The molecular weight excluding hydrogens is 222 g/mol. The van der Waals surface area contributed by atoms with Gasteiger partial charge in [0.2, 0.25) is 0 Å². The van der Waals surface area contributed by atoms with Crippen molar-refractivity contribution in [2.24, 2.45) is 0 Å². The molecule has 0 bridgehead atoms. The fraction of sp³-hybridized carbons (Fsp3) is 0. The summed E-state index contributed by atoms with van der Waals surface area (Å²) in [4.78, 5) is 4.29. The van der Waals surface area contributed by atoms with E-state index in [2.05, 4.69) is 4.98 Å². The van der Waals surface area contributed by atoms with Crippen molar-refractivity contribution in [2.45, 2.75) is 0 Å². The lowest BCUT2D eigenvalue weighted by molar-refractivity contribution is 0.584. The van der Waals surface area contributed by atoms with Gasteiger partial charge in [-0.2, -0.15) is 0 Å². The van der Waals surface area contributed by atoms with Crippen molar-refractivity contribution < 1.29 is 8.78 Å². The standard InChI is InChI=1S/C13H8F2N2/c14-10-5-9(6-11(15)7-10)12-8-17-4-2-1-3-13(17)16-12/h1-8H. The van der Waals surface area contributed by atoms with E-state index in [-0.39, 0.29) is 0 Å². The molecule has 0 atom stereocenters. The average Bonchev–Trinajstić information content (AvgIpc) is 2.71. The second-order valence-corrected chi connectivity index (χ2v) is 3.75. The lowest BCUT2D eigenvalue weighted by Gasteiger charge is -1.96. The molecule has 0 N–H and O–H groups in total. The summed E-state index contributed by atoms with van der Waals surface area (Å²) in [5.74, 6) is -1.20. The van der Waals surface area contributed by atoms with E-state index in [0.29, 0.717) is 11.3 Å². The van der Waals surface area contributed by atoms with Crippen molar-refractivity contribution in [3.05, 3.63) is 60.4 Å². The van der Waals surface area contributed by atoms with E-state index in [1.54, 1.807) is 10.6 Å². The third kappa shape index (κ3) is 1.78. The molecule has 2 heterocycles. The topological polar surface area (TPSA) is 17.3 Å². The third-order valence-corrected chi connectivity index (χ3v) is 2.52. The fourth-order valence-electron chi connectivity index (χ4n) is 1.78. The molecular formula is C13H8F2N2. The molecule has 0 amide bonds. The number of hydrogen-bond donors (Lipinski definition) is 0. The minimum Gasteiger partial charge on any atom is -0.306 e. The van der Waals surface area contributed by atoms with Crippen molar-refractivity contribution in [3.63, 3.8) is 0 Å². The molecule has 2 aromatic heterocycles. The second kappa shape index (κ2) is 3.66. The van der Waals surface area contributed by atoms with Crippen LogP contribution in [0.15, 0.2) is 48.8 Å². The number of halogens is 2. The van der Waals surface area contributed by atoms with E-state index in [0.717, 1.165) is 11.7 Å². The van der Waals surface area contributed by atoms with E-state index in [4.69, 9.17) is 0 Å². The number of rotatable bonds is 1. The first-order chi connectivity index (χ1) is 8.22. The van der Waals surface area contributed by atoms with Gasteiger partial charge in [0.25, 0.3) is 0 Å². The van der Waals surface area contributed by atoms with Crippen LogP contribution in [-0.2, 0) is 0 Å². The zero-order valence-corrected chi connectivity index (χ0v) is 8.77. The molecule has 0 aliphatic rings. The highest BCUT2D eigenvalue weighted by Crippen LogP contribution is 2.21. The molecule has 0 spiro atoms. The summed E-state index contributed by atoms with van der Waals surface area (Å²) in [5, 5.41) is 0. The maximum Gasteiger partial charge on any atom is 0.137 e. The molecule has 0 fully saturated rings. The second-order valence-electron chi connectivity index (χ2n) is 3.75. The summed E-state index contributed by atoms with van der Waals surface area (Å²) < 4.78 is 28.0. The van der Waals surface area contributed by atoms with Gasteiger partial charge in [0.05, 0.1) is 5.69 Å². The molecule has 4 heteroatoms. The van der Waals surface area contributed by atoms with E-state index in [9.17, 15) is 8.78 Å². The van der Waals surface area contributed by atoms with E-state index in [1.165, 1.54) is 12.1 Å². The molecule has 17 heavy (non-hydrogen) atoms. The maximum absolute atomic E-state index is 13.1. The first-order valence-corrected chi connectivity index (χ1v) is 5.12. The molecule has 0 aliphatic carbocycles. The van der Waals surface area contributed by atoms with Crippen LogP contribution in [0, 0.1) is 11.6 Å². The summed E-state index contributed by atoms with van der Waals surface area (Å²) in [6.45, 7) is 0. The largest absolute Gasteiger partial charge is 0.306 e. The van der Waals surface area contributed by atoms with E-state index in [1.807, 2.05) is 24.4 Å². The van der Waals surface area contributed by atoms with Gasteiger partial charge in [-0.15, -0.1) is 0 Å². The molecule has 0 aliphatic heterocycles. The SMILES string of the molecule is Fc1cc(F)cc(-c2cn3ccccc3n2)c1. The van der Waals surface area contributed by atoms with E-state index < -0.39 is 11.6 Å². The summed E-state index contributed by atoms with van der Waals surface area (Å²) in [5.41, 5.74) is 1.73. The average molecular weight is 230 g/mol. The quantitative estimate of drug-likeness (QED) is 0.627. The minimum absolute atomic E-state index is 0.436. The van der Waals surface area contributed by atoms with Gasteiger partial charge in [-0.05, 0) is 24.3 Å². The number of benzene rings is 1. The highest BCUT2D eigenvalue weighted by molar-refractivity contribution is 5.62. The van der Waals surface area contributed by atoms with Gasteiger partial charge >= 0.3 is 0 Å². The summed E-state index contributed by atoms with van der Waals surface area (Å²) in [7, 11) is 0. The minimum atomic E-state index is -0.600. The molecule has 3 rings (SSSR count). The highest BCUT2D eigenvalue weighted by atomic mass is 19.1. The number of pyridine rings is 1. The van der Waals surface area contributed by atoms with Gasteiger partial charge < -0.3 is 4.40 Å². The van der Waals surface area contributed by atoms with Gasteiger partial charge in [-0.25, -0.2) is 13.8 Å². The summed E-state index contributed by atoms with van der Waals surface area (Å²) in [6, 6.07) is 8.94. The highest BCUT2D eigenvalue weighted by Gasteiger charge is 2.07. The van der Waals surface area contributed by atoms with E-state index >= 15 is 0 Å². The Morgan fingerprint density at radius 1 is 1.00 bits per heavy atom.